The van der Waals surface area contributed by atoms with Crippen molar-refractivity contribution in [1.82, 2.24) is 5.32 Å². The van der Waals surface area contributed by atoms with Crippen LogP contribution < -0.4 is 11.1 Å². The van der Waals surface area contributed by atoms with Crippen LogP contribution in [-0.2, 0) is 11.3 Å². The molecule has 1 saturated carbocycles. The Hall–Kier alpha value is -1.35. The van der Waals surface area contributed by atoms with Crippen LogP contribution in [0.25, 0.3) is 0 Å². The van der Waals surface area contributed by atoms with Gasteiger partial charge in [0.1, 0.15) is 0 Å². The van der Waals surface area contributed by atoms with Crippen LogP contribution in [0, 0.1) is 0 Å². The number of rotatable bonds is 5. The summed E-state index contributed by atoms with van der Waals surface area (Å²) in [4.78, 5) is 11.0. The molecule has 0 heterocycles. The van der Waals surface area contributed by atoms with Crippen molar-refractivity contribution in [3.8, 4) is 0 Å². The average molecular weight is 218 g/mol. The predicted octanol–water partition coefficient (Wildman–Crippen LogP) is 1.57. The monoisotopic (exact) mass is 218 g/mol. The van der Waals surface area contributed by atoms with Crippen molar-refractivity contribution in [3.05, 3.63) is 35.9 Å². The quantitative estimate of drug-likeness (QED) is 0.788. The van der Waals surface area contributed by atoms with Gasteiger partial charge in [-0.3, -0.25) is 4.79 Å². The molecule has 1 aromatic carbocycles. The summed E-state index contributed by atoms with van der Waals surface area (Å²) < 4.78 is 0. The number of hydrogen-bond donors (Lipinski definition) is 2. The van der Waals surface area contributed by atoms with Crippen molar-refractivity contribution in [2.75, 3.05) is 0 Å². The number of amides is 1. The summed E-state index contributed by atoms with van der Waals surface area (Å²) in [7, 11) is 0. The Labute approximate surface area is 96.0 Å². The predicted molar refractivity (Wildman–Crippen MR) is 63.7 cm³/mol. The molecule has 1 aliphatic carbocycles. The van der Waals surface area contributed by atoms with E-state index in [4.69, 9.17) is 5.73 Å². The molecule has 0 atom stereocenters. The van der Waals surface area contributed by atoms with Gasteiger partial charge < -0.3 is 11.1 Å². The molecule has 1 aromatic rings. The van der Waals surface area contributed by atoms with E-state index >= 15 is 0 Å². The molecule has 0 aliphatic heterocycles. The maximum absolute atomic E-state index is 11.0. The van der Waals surface area contributed by atoms with E-state index in [9.17, 15) is 4.79 Å². The molecule has 0 spiro atoms. The molecule has 3 heteroatoms. The molecule has 3 nitrogen and oxygen atoms in total. The van der Waals surface area contributed by atoms with Gasteiger partial charge in [0.05, 0.1) is 0 Å². The second-order valence-electron chi connectivity index (χ2n) is 4.62. The lowest BCUT2D eigenvalue weighted by Gasteiger charge is -2.42. The van der Waals surface area contributed by atoms with Crippen molar-refractivity contribution in [2.24, 2.45) is 5.73 Å². The minimum absolute atomic E-state index is 0.0261. The van der Waals surface area contributed by atoms with E-state index in [2.05, 4.69) is 17.4 Å². The fraction of sp³-hybridized carbons (Fsp3) is 0.462. The number of hydrogen-bond acceptors (Lipinski definition) is 2. The smallest absolute Gasteiger partial charge is 0.219 e. The second-order valence-corrected chi connectivity index (χ2v) is 4.62. The first-order valence-electron chi connectivity index (χ1n) is 5.77. The van der Waals surface area contributed by atoms with Crippen molar-refractivity contribution in [1.29, 1.82) is 0 Å². The summed E-state index contributed by atoms with van der Waals surface area (Å²) >= 11 is 0. The van der Waals surface area contributed by atoms with Gasteiger partial charge in [-0.05, 0) is 24.8 Å². The molecular formula is C13H18N2O. The van der Waals surface area contributed by atoms with Crippen molar-refractivity contribution < 1.29 is 4.79 Å². The van der Waals surface area contributed by atoms with Crippen LogP contribution >= 0.6 is 0 Å². The SMILES string of the molecule is NC(=O)CC1(NCc2ccccc2)CCC1. The zero-order valence-corrected chi connectivity index (χ0v) is 9.41. The van der Waals surface area contributed by atoms with E-state index in [1.807, 2.05) is 18.2 Å². The highest BCUT2D eigenvalue weighted by molar-refractivity contribution is 5.75. The van der Waals surface area contributed by atoms with Gasteiger partial charge in [-0.15, -0.1) is 0 Å². The van der Waals surface area contributed by atoms with E-state index in [0.717, 1.165) is 19.4 Å². The summed E-state index contributed by atoms with van der Waals surface area (Å²) in [5.74, 6) is -0.208. The number of primary amides is 1. The van der Waals surface area contributed by atoms with Gasteiger partial charge in [-0.2, -0.15) is 0 Å². The van der Waals surface area contributed by atoms with Crippen LogP contribution in [-0.4, -0.2) is 11.4 Å². The van der Waals surface area contributed by atoms with Crippen LogP contribution in [0.15, 0.2) is 30.3 Å². The molecule has 0 bridgehead atoms. The Morgan fingerprint density at radius 1 is 1.31 bits per heavy atom. The van der Waals surface area contributed by atoms with E-state index in [-0.39, 0.29) is 11.4 Å². The molecule has 0 unspecified atom stereocenters. The largest absolute Gasteiger partial charge is 0.370 e. The van der Waals surface area contributed by atoms with Crippen molar-refractivity contribution in [2.45, 2.75) is 37.8 Å². The van der Waals surface area contributed by atoms with Gasteiger partial charge in [-0.25, -0.2) is 0 Å². The molecule has 0 radical (unpaired) electrons. The molecule has 1 aliphatic rings. The van der Waals surface area contributed by atoms with Gasteiger partial charge in [-0.1, -0.05) is 30.3 Å². The fourth-order valence-corrected chi connectivity index (χ4v) is 2.24. The summed E-state index contributed by atoms with van der Waals surface area (Å²) in [5, 5.41) is 3.48. The molecule has 3 N–H and O–H groups in total. The topological polar surface area (TPSA) is 55.1 Å². The molecular weight excluding hydrogens is 200 g/mol. The van der Waals surface area contributed by atoms with Gasteiger partial charge in [0.25, 0.3) is 0 Å². The van der Waals surface area contributed by atoms with Crippen LogP contribution in [0.4, 0.5) is 0 Å². The second kappa shape index (κ2) is 4.66. The Morgan fingerprint density at radius 3 is 2.50 bits per heavy atom. The Bertz CT molecular complexity index is 357. The fourth-order valence-electron chi connectivity index (χ4n) is 2.24. The maximum atomic E-state index is 11.0. The van der Waals surface area contributed by atoms with Crippen molar-refractivity contribution in [3.63, 3.8) is 0 Å². The summed E-state index contributed by atoms with van der Waals surface area (Å²) in [6, 6.07) is 10.2. The zero-order chi connectivity index (χ0) is 11.4. The molecule has 16 heavy (non-hydrogen) atoms. The van der Waals surface area contributed by atoms with E-state index in [0.29, 0.717) is 6.42 Å². The van der Waals surface area contributed by atoms with Crippen LogP contribution in [0.2, 0.25) is 0 Å². The normalized spacial score (nSPS) is 17.8. The third-order valence-electron chi connectivity index (χ3n) is 3.33. The Kier molecular flexibility index (Phi) is 3.25. The first kappa shape index (κ1) is 11.1. The van der Waals surface area contributed by atoms with Crippen molar-refractivity contribution >= 4 is 5.91 Å². The van der Waals surface area contributed by atoms with Gasteiger partial charge >= 0.3 is 0 Å². The summed E-state index contributed by atoms with van der Waals surface area (Å²) in [5.41, 5.74) is 6.50. The molecule has 1 amide bonds. The molecule has 2 rings (SSSR count). The lowest BCUT2D eigenvalue weighted by Crippen LogP contribution is -2.52. The highest BCUT2D eigenvalue weighted by Crippen LogP contribution is 2.34. The highest BCUT2D eigenvalue weighted by Gasteiger charge is 2.37. The maximum Gasteiger partial charge on any atom is 0.219 e. The third kappa shape index (κ3) is 2.61. The number of nitrogens with one attached hydrogen (secondary N) is 1. The first-order chi connectivity index (χ1) is 7.70. The minimum atomic E-state index is -0.208. The lowest BCUT2D eigenvalue weighted by molar-refractivity contribution is -0.120. The first-order valence-corrected chi connectivity index (χ1v) is 5.77. The Balaban J connectivity index is 1.90. The summed E-state index contributed by atoms with van der Waals surface area (Å²) in [6.07, 6.45) is 3.76. The number of benzene rings is 1. The molecule has 0 aromatic heterocycles. The third-order valence-corrected chi connectivity index (χ3v) is 3.33. The van der Waals surface area contributed by atoms with E-state index in [1.54, 1.807) is 0 Å². The molecule has 86 valence electrons. The van der Waals surface area contributed by atoms with Gasteiger partial charge in [0.2, 0.25) is 5.91 Å². The molecule has 0 saturated heterocycles. The van der Waals surface area contributed by atoms with Gasteiger partial charge in [0.15, 0.2) is 0 Å². The van der Waals surface area contributed by atoms with E-state index in [1.165, 1.54) is 12.0 Å². The standard InChI is InChI=1S/C13H18N2O/c14-12(16)9-13(7-4-8-13)15-10-11-5-2-1-3-6-11/h1-3,5-6,15H,4,7-10H2,(H2,14,16). The lowest BCUT2D eigenvalue weighted by atomic mass is 9.74. The van der Waals surface area contributed by atoms with Crippen LogP contribution in [0.5, 0.6) is 0 Å². The molecule has 1 fully saturated rings. The Morgan fingerprint density at radius 2 is 2.00 bits per heavy atom. The number of carbonyl (C=O) groups is 1. The minimum Gasteiger partial charge on any atom is -0.370 e. The highest BCUT2D eigenvalue weighted by atomic mass is 16.1. The zero-order valence-electron chi connectivity index (χ0n) is 9.41. The summed E-state index contributed by atoms with van der Waals surface area (Å²) in [6.45, 7) is 0.814. The van der Waals surface area contributed by atoms with Crippen LogP contribution in [0.3, 0.4) is 0 Å². The number of nitrogens with two attached hydrogens (primary N) is 1. The number of carbonyl (C=O) groups excluding carboxylic acids is 1. The van der Waals surface area contributed by atoms with Gasteiger partial charge in [0, 0.05) is 18.5 Å². The van der Waals surface area contributed by atoms with E-state index < -0.39 is 0 Å². The average Bonchev–Trinajstić information content (AvgIpc) is 2.23. The van der Waals surface area contributed by atoms with Crippen LogP contribution in [0.1, 0.15) is 31.2 Å².